The van der Waals surface area contributed by atoms with E-state index in [1.807, 2.05) is 0 Å². The summed E-state index contributed by atoms with van der Waals surface area (Å²) in [5, 5.41) is 12.1. The third-order valence-electron chi connectivity index (χ3n) is 2.21. The van der Waals surface area contributed by atoms with Gasteiger partial charge in [0.15, 0.2) is 0 Å². The quantitative estimate of drug-likeness (QED) is 0.668. The van der Waals surface area contributed by atoms with Crippen molar-refractivity contribution in [1.82, 2.24) is 5.32 Å². The van der Waals surface area contributed by atoms with E-state index < -0.39 is 0 Å². The third kappa shape index (κ3) is 3.41. The van der Waals surface area contributed by atoms with E-state index in [0.717, 1.165) is 13.0 Å². The van der Waals surface area contributed by atoms with Crippen LogP contribution in [0.25, 0.3) is 0 Å². The molecule has 1 aliphatic heterocycles. The first-order chi connectivity index (χ1) is 4.64. The highest BCUT2D eigenvalue weighted by Crippen LogP contribution is 2.24. The Hall–Kier alpha value is 0.210. The molecular formula is C8H18ClNO. The maximum absolute atomic E-state index is 8.67. The van der Waals surface area contributed by atoms with Gasteiger partial charge in [0.05, 0.1) is 0 Å². The largest absolute Gasteiger partial charge is 0.396 e. The maximum Gasteiger partial charge on any atom is 0.0434 e. The van der Waals surface area contributed by atoms with Crippen molar-refractivity contribution in [3.05, 3.63) is 0 Å². The molecule has 2 nitrogen and oxygen atoms in total. The van der Waals surface area contributed by atoms with Crippen molar-refractivity contribution >= 4 is 12.4 Å². The summed E-state index contributed by atoms with van der Waals surface area (Å²) in [4.78, 5) is 0. The second-order valence-electron chi connectivity index (χ2n) is 3.85. The van der Waals surface area contributed by atoms with Crippen LogP contribution in [0.15, 0.2) is 0 Å². The maximum atomic E-state index is 8.67. The smallest absolute Gasteiger partial charge is 0.0434 e. The molecule has 1 fully saturated rings. The second-order valence-corrected chi connectivity index (χ2v) is 3.85. The summed E-state index contributed by atoms with van der Waals surface area (Å²) in [6, 6.07) is 0. The Kier molecular flexibility index (Phi) is 4.37. The summed E-state index contributed by atoms with van der Waals surface area (Å²) in [5.74, 6) is 0.694. The Bertz CT molecular complexity index is 117. The molecule has 68 valence electrons. The van der Waals surface area contributed by atoms with Crippen LogP contribution in [-0.4, -0.2) is 23.8 Å². The number of nitrogens with one attached hydrogen (secondary N) is 1. The Morgan fingerprint density at radius 3 is 2.55 bits per heavy atom. The van der Waals surface area contributed by atoms with Gasteiger partial charge in [0, 0.05) is 12.1 Å². The fourth-order valence-electron chi connectivity index (χ4n) is 1.67. The zero-order valence-corrected chi connectivity index (χ0v) is 8.08. The van der Waals surface area contributed by atoms with E-state index in [1.165, 1.54) is 6.42 Å². The molecule has 1 aliphatic rings. The molecule has 0 aromatic heterocycles. The number of hydrogen-bond donors (Lipinski definition) is 2. The SMILES string of the molecule is CC1(C)CC(CCO)CN1.Cl. The van der Waals surface area contributed by atoms with Crippen LogP contribution in [-0.2, 0) is 0 Å². The standard InChI is InChI=1S/C8H17NO.ClH/c1-8(2)5-7(3-4-10)6-9-8;/h7,9-10H,3-6H2,1-2H3;1H. The van der Waals surface area contributed by atoms with Gasteiger partial charge >= 0.3 is 0 Å². The topological polar surface area (TPSA) is 32.3 Å². The van der Waals surface area contributed by atoms with Crippen LogP contribution in [0.2, 0.25) is 0 Å². The van der Waals surface area contributed by atoms with Gasteiger partial charge in [-0.15, -0.1) is 12.4 Å². The van der Waals surface area contributed by atoms with Crippen LogP contribution >= 0.6 is 12.4 Å². The number of aliphatic hydroxyl groups excluding tert-OH is 1. The van der Waals surface area contributed by atoms with Crippen molar-refractivity contribution in [2.75, 3.05) is 13.2 Å². The first-order valence-electron chi connectivity index (χ1n) is 4.00. The van der Waals surface area contributed by atoms with Crippen LogP contribution in [0.5, 0.6) is 0 Å². The Morgan fingerprint density at radius 1 is 1.55 bits per heavy atom. The molecule has 0 amide bonds. The third-order valence-corrected chi connectivity index (χ3v) is 2.21. The lowest BCUT2D eigenvalue weighted by atomic mass is 9.95. The molecule has 1 heterocycles. The van der Waals surface area contributed by atoms with Gasteiger partial charge in [-0.3, -0.25) is 0 Å². The normalized spacial score (nSPS) is 28.1. The molecule has 0 spiro atoms. The van der Waals surface area contributed by atoms with E-state index in [1.54, 1.807) is 0 Å². The predicted octanol–water partition coefficient (Wildman–Crippen LogP) is 1.18. The van der Waals surface area contributed by atoms with Crippen molar-refractivity contribution in [2.24, 2.45) is 5.92 Å². The summed E-state index contributed by atoms with van der Waals surface area (Å²) in [6.07, 6.45) is 2.16. The van der Waals surface area contributed by atoms with Gasteiger partial charge in [0.1, 0.15) is 0 Å². The molecule has 11 heavy (non-hydrogen) atoms. The van der Waals surface area contributed by atoms with E-state index in [0.29, 0.717) is 18.1 Å². The van der Waals surface area contributed by atoms with Crippen LogP contribution in [0, 0.1) is 5.92 Å². The molecule has 0 saturated carbocycles. The molecule has 1 unspecified atom stereocenters. The lowest BCUT2D eigenvalue weighted by Crippen LogP contribution is -2.31. The molecule has 0 aromatic carbocycles. The molecule has 0 aromatic rings. The van der Waals surface area contributed by atoms with Crippen molar-refractivity contribution in [1.29, 1.82) is 0 Å². The van der Waals surface area contributed by atoms with Crippen LogP contribution in [0.1, 0.15) is 26.7 Å². The average molecular weight is 180 g/mol. The molecule has 3 heteroatoms. The van der Waals surface area contributed by atoms with Gasteiger partial charge < -0.3 is 10.4 Å². The fourth-order valence-corrected chi connectivity index (χ4v) is 1.67. The molecule has 0 aliphatic carbocycles. The van der Waals surface area contributed by atoms with Gasteiger partial charge in [-0.05, 0) is 39.2 Å². The molecule has 1 atom stereocenters. The monoisotopic (exact) mass is 179 g/mol. The van der Waals surface area contributed by atoms with Gasteiger partial charge in [-0.2, -0.15) is 0 Å². The van der Waals surface area contributed by atoms with Crippen molar-refractivity contribution in [3.8, 4) is 0 Å². The number of aliphatic hydroxyl groups is 1. The Morgan fingerprint density at radius 2 is 2.18 bits per heavy atom. The van der Waals surface area contributed by atoms with E-state index in [9.17, 15) is 0 Å². The van der Waals surface area contributed by atoms with Crippen molar-refractivity contribution in [3.63, 3.8) is 0 Å². The van der Waals surface area contributed by atoms with Crippen molar-refractivity contribution < 1.29 is 5.11 Å². The van der Waals surface area contributed by atoms with Gasteiger partial charge in [0.2, 0.25) is 0 Å². The van der Waals surface area contributed by atoms with Crippen LogP contribution in [0.3, 0.4) is 0 Å². The highest BCUT2D eigenvalue weighted by Gasteiger charge is 2.29. The molecule has 0 bridgehead atoms. The molecule has 1 saturated heterocycles. The first kappa shape index (κ1) is 11.2. The second kappa shape index (κ2) is 4.29. The molecule has 2 N–H and O–H groups in total. The van der Waals surface area contributed by atoms with Gasteiger partial charge in [-0.25, -0.2) is 0 Å². The molecular weight excluding hydrogens is 162 g/mol. The van der Waals surface area contributed by atoms with Gasteiger partial charge in [0.25, 0.3) is 0 Å². The number of rotatable bonds is 2. The summed E-state index contributed by atoms with van der Waals surface area (Å²) >= 11 is 0. The minimum absolute atomic E-state index is 0. The lowest BCUT2D eigenvalue weighted by Gasteiger charge is -2.16. The molecule has 0 radical (unpaired) electrons. The Balaban J connectivity index is 0.000001000. The first-order valence-corrected chi connectivity index (χ1v) is 4.00. The van der Waals surface area contributed by atoms with Crippen molar-refractivity contribution in [2.45, 2.75) is 32.2 Å². The summed E-state index contributed by atoms with van der Waals surface area (Å²) in [6.45, 7) is 5.84. The predicted molar refractivity (Wildman–Crippen MR) is 49.1 cm³/mol. The zero-order chi connectivity index (χ0) is 7.61. The van der Waals surface area contributed by atoms with E-state index >= 15 is 0 Å². The highest BCUT2D eigenvalue weighted by atomic mass is 35.5. The Labute approximate surface area is 74.8 Å². The number of halogens is 1. The average Bonchev–Trinajstić information content (AvgIpc) is 2.12. The molecule has 1 rings (SSSR count). The van der Waals surface area contributed by atoms with E-state index in [-0.39, 0.29) is 12.4 Å². The van der Waals surface area contributed by atoms with Gasteiger partial charge in [-0.1, -0.05) is 0 Å². The fraction of sp³-hybridized carbons (Fsp3) is 1.00. The summed E-state index contributed by atoms with van der Waals surface area (Å²) < 4.78 is 0. The summed E-state index contributed by atoms with van der Waals surface area (Å²) in [5.41, 5.74) is 0.305. The zero-order valence-electron chi connectivity index (χ0n) is 7.26. The minimum Gasteiger partial charge on any atom is -0.396 e. The van der Waals surface area contributed by atoms with E-state index in [4.69, 9.17) is 5.11 Å². The van der Waals surface area contributed by atoms with E-state index in [2.05, 4.69) is 19.2 Å². The minimum atomic E-state index is 0. The highest BCUT2D eigenvalue weighted by molar-refractivity contribution is 5.85. The number of hydrogen-bond acceptors (Lipinski definition) is 2. The van der Waals surface area contributed by atoms with Crippen LogP contribution < -0.4 is 5.32 Å². The lowest BCUT2D eigenvalue weighted by molar-refractivity contribution is 0.259. The summed E-state index contributed by atoms with van der Waals surface area (Å²) in [7, 11) is 0. The van der Waals surface area contributed by atoms with Crippen LogP contribution in [0.4, 0.5) is 0 Å².